The van der Waals surface area contributed by atoms with Gasteiger partial charge in [0.1, 0.15) is 17.8 Å². The number of hydrogen-bond donors (Lipinski definition) is 1. The van der Waals surface area contributed by atoms with Crippen molar-refractivity contribution in [2.24, 2.45) is 0 Å². The molecule has 1 aromatic heterocycles. The van der Waals surface area contributed by atoms with Gasteiger partial charge in [0, 0.05) is 19.1 Å². The Morgan fingerprint density at radius 1 is 1.07 bits per heavy atom. The molecular formula is C23H26FN3O3. The quantitative estimate of drug-likeness (QED) is 0.573. The summed E-state index contributed by atoms with van der Waals surface area (Å²) in [5.41, 5.74) is 2.31. The smallest absolute Gasteiger partial charge is 0.273 e. The minimum Gasteiger partial charge on any atom is -0.497 e. The summed E-state index contributed by atoms with van der Waals surface area (Å²) in [5, 5.41) is 2.80. The first kappa shape index (κ1) is 21.5. The maximum absolute atomic E-state index is 13.3. The summed E-state index contributed by atoms with van der Waals surface area (Å²) in [5.74, 6) is 0.700. The van der Waals surface area contributed by atoms with Crippen LogP contribution in [0.4, 0.5) is 4.39 Å². The Balaban J connectivity index is 1.75. The van der Waals surface area contributed by atoms with Gasteiger partial charge < -0.3 is 14.5 Å². The van der Waals surface area contributed by atoms with Crippen molar-refractivity contribution in [3.05, 3.63) is 83.3 Å². The number of oxazole rings is 1. The third-order valence-electron chi connectivity index (χ3n) is 4.45. The van der Waals surface area contributed by atoms with Crippen molar-refractivity contribution < 1.29 is 18.3 Å². The zero-order chi connectivity index (χ0) is 21.5. The molecule has 0 aliphatic rings. The van der Waals surface area contributed by atoms with Gasteiger partial charge in [0.2, 0.25) is 5.89 Å². The molecule has 0 saturated heterocycles. The maximum atomic E-state index is 13.3. The second-order valence-electron chi connectivity index (χ2n) is 7.37. The van der Waals surface area contributed by atoms with E-state index < -0.39 is 0 Å². The number of rotatable bonds is 9. The van der Waals surface area contributed by atoms with Gasteiger partial charge in [-0.05, 0) is 49.2 Å². The first-order valence-corrected chi connectivity index (χ1v) is 9.78. The van der Waals surface area contributed by atoms with Crippen LogP contribution >= 0.6 is 0 Å². The zero-order valence-electron chi connectivity index (χ0n) is 17.4. The molecular weight excluding hydrogens is 385 g/mol. The van der Waals surface area contributed by atoms with Gasteiger partial charge in [-0.25, -0.2) is 9.37 Å². The Bertz CT molecular complexity index is 953. The lowest BCUT2D eigenvalue weighted by Gasteiger charge is -2.21. The number of nitrogens with zero attached hydrogens (tertiary/aromatic N) is 2. The molecule has 0 bridgehead atoms. The average molecular weight is 411 g/mol. The Morgan fingerprint density at radius 3 is 2.23 bits per heavy atom. The zero-order valence-corrected chi connectivity index (χ0v) is 17.4. The molecule has 0 aliphatic heterocycles. The van der Waals surface area contributed by atoms with Crippen molar-refractivity contribution in [2.45, 2.75) is 39.5 Å². The number of methoxy groups -OCH3 is 1. The molecule has 0 radical (unpaired) electrons. The summed E-state index contributed by atoms with van der Waals surface area (Å²) in [4.78, 5) is 18.6. The van der Waals surface area contributed by atoms with Gasteiger partial charge in [-0.2, -0.15) is 0 Å². The predicted molar refractivity (Wildman–Crippen MR) is 111 cm³/mol. The molecule has 0 saturated carbocycles. The van der Waals surface area contributed by atoms with Crippen molar-refractivity contribution in [3.63, 3.8) is 0 Å². The summed E-state index contributed by atoms with van der Waals surface area (Å²) >= 11 is 0. The molecule has 0 unspecified atom stereocenters. The molecule has 7 heteroatoms. The summed E-state index contributed by atoms with van der Waals surface area (Å²) in [6.45, 7) is 5.37. The molecule has 1 amide bonds. The number of aromatic nitrogens is 1. The lowest BCUT2D eigenvalue weighted by atomic mass is 10.1. The number of amides is 1. The van der Waals surface area contributed by atoms with Crippen LogP contribution < -0.4 is 10.1 Å². The van der Waals surface area contributed by atoms with E-state index in [-0.39, 0.29) is 23.5 Å². The minimum atomic E-state index is -0.269. The summed E-state index contributed by atoms with van der Waals surface area (Å²) in [6.07, 6.45) is 1.37. The fraction of sp³-hybridized carbons (Fsp3) is 0.304. The van der Waals surface area contributed by atoms with Gasteiger partial charge in [-0.15, -0.1) is 0 Å². The second-order valence-corrected chi connectivity index (χ2v) is 7.37. The number of carbonyl (C=O) groups excluding carboxylic acids is 1. The number of benzene rings is 2. The summed E-state index contributed by atoms with van der Waals surface area (Å²) in [6, 6.07) is 14.2. The third kappa shape index (κ3) is 6.15. The highest BCUT2D eigenvalue weighted by Gasteiger charge is 2.16. The molecule has 30 heavy (non-hydrogen) atoms. The highest BCUT2D eigenvalue weighted by atomic mass is 19.1. The first-order valence-electron chi connectivity index (χ1n) is 9.78. The van der Waals surface area contributed by atoms with Crippen LogP contribution in [0.1, 0.15) is 41.4 Å². The van der Waals surface area contributed by atoms with E-state index in [1.165, 1.54) is 18.4 Å². The van der Waals surface area contributed by atoms with Gasteiger partial charge in [0.15, 0.2) is 5.69 Å². The number of carbonyl (C=O) groups is 1. The van der Waals surface area contributed by atoms with Gasteiger partial charge in [0.05, 0.1) is 13.7 Å². The van der Waals surface area contributed by atoms with Gasteiger partial charge in [0.25, 0.3) is 5.91 Å². The molecule has 0 spiro atoms. The van der Waals surface area contributed by atoms with E-state index >= 15 is 0 Å². The van der Waals surface area contributed by atoms with Crippen molar-refractivity contribution in [2.75, 3.05) is 7.11 Å². The van der Waals surface area contributed by atoms with Crippen LogP contribution in [0, 0.1) is 5.82 Å². The maximum Gasteiger partial charge on any atom is 0.273 e. The Morgan fingerprint density at radius 2 is 1.67 bits per heavy atom. The Hall–Kier alpha value is -3.19. The molecule has 3 rings (SSSR count). The molecule has 0 aliphatic carbocycles. The van der Waals surface area contributed by atoms with Crippen LogP contribution in [0.15, 0.2) is 59.2 Å². The van der Waals surface area contributed by atoms with Crippen molar-refractivity contribution in [1.82, 2.24) is 15.2 Å². The van der Waals surface area contributed by atoms with Crippen LogP contribution in [0.25, 0.3) is 0 Å². The van der Waals surface area contributed by atoms with E-state index in [1.807, 2.05) is 38.1 Å². The molecule has 3 aromatic rings. The summed E-state index contributed by atoms with van der Waals surface area (Å²) < 4.78 is 24.0. The largest absolute Gasteiger partial charge is 0.497 e. The average Bonchev–Trinajstić information content (AvgIpc) is 3.18. The SMILES string of the molecule is COc1ccc(CN(Cc2ccc(F)cc2)Cc2nc(C(=O)NC(C)C)co2)cc1. The molecule has 0 atom stereocenters. The second kappa shape index (κ2) is 10.0. The monoisotopic (exact) mass is 411 g/mol. The van der Waals surface area contributed by atoms with Crippen LogP contribution in [-0.4, -0.2) is 28.9 Å². The molecule has 0 fully saturated rings. The normalized spacial score (nSPS) is 11.1. The molecule has 158 valence electrons. The van der Waals surface area contributed by atoms with E-state index in [1.54, 1.807) is 19.2 Å². The van der Waals surface area contributed by atoms with E-state index in [2.05, 4.69) is 15.2 Å². The standard InChI is InChI=1S/C23H26FN3O3/c1-16(2)25-23(28)21-15-30-22(26-21)14-27(12-17-4-8-19(24)9-5-17)13-18-6-10-20(29-3)11-7-18/h4-11,15-16H,12-14H2,1-3H3,(H,25,28). The highest BCUT2D eigenvalue weighted by Crippen LogP contribution is 2.17. The van der Waals surface area contributed by atoms with Crippen molar-refractivity contribution >= 4 is 5.91 Å². The predicted octanol–water partition coefficient (Wildman–Crippen LogP) is 4.16. The minimum absolute atomic E-state index is 0.0164. The lowest BCUT2D eigenvalue weighted by Crippen LogP contribution is -2.30. The van der Waals surface area contributed by atoms with Crippen molar-refractivity contribution in [1.29, 1.82) is 0 Å². The number of ether oxygens (including phenoxy) is 1. The van der Waals surface area contributed by atoms with Crippen LogP contribution in [0.5, 0.6) is 5.75 Å². The van der Waals surface area contributed by atoms with E-state index in [0.29, 0.717) is 25.5 Å². The topological polar surface area (TPSA) is 67.6 Å². The first-order chi connectivity index (χ1) is 14.4. The van der Waals surface area contributed by atoms with Crippen LogP contribution in [0.2, 0.25) is 0 Å². The fourth-order valence-corrected chi connectivity index (χ4v) is 3.02. The highest BCUT2D eigenvalue weighted by molar-refractivity contribution is 5.92. The van der Waals surface area contributed by atoms with Gasteiger partial charge in [-0.1, -0.05) is 24.3 Å². The molecule has 2 aromatic carbocycles. The van der Waals surface area contributed by atoms with Gasteiger partial charge in [-0.3, -0.25) is 9.69 Å². The molecule has 6 nitrogen and oxygen atoms in total. The van der Waals surface area contributed by atoms with Crippen LogP contribution in [-0.2, 0) is 19.6 Å². The van der Waals surface area contributed by atoms with E-state index in [4.69, 9.17) is 9.15 Å². The van der Waals surface area contributed by atoms with Crippen LogP contribution in [0.3, 0.4) is 0 Å². The number of hydrogen-bond acceptors (Lipinski definition) is 5. The van der Waals surface area contributed by atoms with Gasteiger partial charge >= 0.3 is 0 Å². The molecule has 1 N–H and O–H groups in total. The van der Waals surface area contributed by atoms with E-state index in [9.17, 15) is 9.18 Å². The number of nitrogens with one attached hydrogen (secondary N) is 1. The lowest BCUT2D eigenvalue weighted by molar-refractivity contribution is 0.0938. The number of halogens is 1. The third-order valence-corrected chi connectivity index (χ3v) is 4.45. The van der Waals surface area contributed by atoms with Crippen molar-refractivity contribution in [3.8, 4) is 5.75 Å². The van der Waals surface area contributed by atoms with E-state index in [0.717, 1.165) is 16.9 Å². The Labute approximate surface area is 175 Å². The fourth-order valence-electron chi connectivity index (χ4n) is 3.02. The Kier molecular flexibility index (Phi) is 7.19. The molecule has 1 heterocycles. The summed E-state index contributed by atoms with van der Waals surface area (Å²) in [7, 11) is 1.63.